The predicted octanol–water partition coefficient (Wildman–Crippen LogP) is 4.46. The van der Waals surface area contributed by atoms with E-state index in [1.54, 1.807) is 19.1 Å². The summed E-state index contributed by atoms with van der Waals surface area (Å²) >= 11 is 0. The number of amides is 2. The molecule has 0 radical (unpaired) electrons. The maximum absolute atomic E-state index is 13.5. The van der Waals surface area contributed by atoms with Crippen LogP contribution >= 0.6 is 0 Å². The van der Waals surface area contributed by atoms with Crippen molar-refractivity contribution < 1.29 is 29.0 Å². The van der Waals surface area contributed by atoms with Crippen molar-refractivity contribution in [3.05, 3.63) is 59.7 Å². The van der Waals surface area contributed by atoms with Gasteiger partial charge in [-0.1, -0.05) is 36.4 Å². The van der Waals surface area contributed by atoms with Gasteiger partial charge in [-0.15, -0.1) is 0 Å². The largest absolute Gasteiger partial charge is 0.481 e. The number of aromatic nitrogens is 2. The first-order valence-corrected chi connectivity index (χ1v) is 14.2. The van der Waals surface area contributed by atoms with E-state index in [2.05, 4.69) is 38.7 Å². The summed E-state index contributed by atoms with van der Waals surface area (Å²) in [5.74, 6) is -1.35. The zero-order chi connectivity index (χ0) is 29.1. The minimum Gasteiger partial charge on any atom is -0.481 e. The summed E-state index contributed by atoms with van der Waals surface area (Å²) in [7, 11) is 3.35. The number of carboxylic acids is 1. The van der Waals surface area contributed by atoms with E-state index in [1.807, 2.05) is 31.2 Å². The zero-order valence-electron chi connectivity index (χ0n) is 23.5. The summed E-state index contributed by atoms with van der Waals surface area (Å²) in [5, 5.41) is 16.2. The Kier molecular flexibility index (Phi) is 5.16. The van der Waals surface area contributed by atoms with Crippen LogP contribution in [0.2, 0.25) is 0 Å². The molecule has 1 fully saturated rings. The lowest BCUT2D eigenvalue weighted by atomic mass is 9.91. The number of hydrogen-bond acceptors (Lipinski definition) is 5. The van der Waals surface area contributed by atoms with Crippen LogP contribution in [0.4, 0.5) is 0 Å². The highest BCUT2D eigenvalue weighted by Crippen LogP contribution is 2.54. The molecule has 0 saturated carbocycles. The molecule has 0 spiro atoms. The smallest absolute Gasteiger partial charge is 0.303 e. The molecule has 10 nitrogen and oxygen atoms in total. The Morgan fingerprint density at radius 3 is 2.48 bits per heavy atom. The lowest BCUT2D eigenvalue weighted by molar-refractivity contribution is -0.266. The van der Waals surface area contributed by atoms with Gasteiger partial charge in [0.25, 0.3) is 5.91 Å². The topological polar surface area (TPSA) is 115 Å². The van der Waals surface area contributed by atoms with Gasteiger partial charge >= 0.3 is 5.97 Å². The molecule has 2 N–H and O–H groups in total. The monoisotopic (exact) mass is 566 g/mol. The van der Waals surface area contributed by atoms with Gasteiger partial charge in [-0.25, -0.2) is 0 Å². The molecule has 2 amide bonds. The van der Waals surface area contributed by atoms with Gasteiger partial charge in [0, 0.05) is 55.1 Å². The van der Waals surface area contributed by atoms with Crippen LogP contribution in [-0.2, 0) is 31.3 Å². The van der Waals surface area contributed by atoms with Crippen LogP contribution < -0.4 is 5.32 Å². The minimum absolute atomic E-state index is 0.0811. The molecule has 3 aromatic carbocycles. The van der Waals surface area contributed by atoms with Gasteiger partial charge in [0.2, 0.25) is 5.91 Å². The lowest BCUT2D eigenvalue weighted by Crippen LogP contribution is -2.61. The van der Waals surface area contributed by atoms with E-state index >= 15 is 0 Å². The number of ether oxygens (including phenoxy) is 2. The summed E-state index contributed by atoms with van der Waals surface area (Å²) in [4.78, 5) is 39.7. The van der Waals surface area contributed by atoms with Crippen molar-refractivity contribution in [2.45, 2.75) is 56.8 Å². The van der Waals surface area contributed by atoms with E-state index in [0.29, 0.717) is 18.5 Å². The first-order valence-electron chi connectivity index (χ1n) is 14.2. The molecule has 5 heterocycles. The number of aliphatic carboxylic acids is 1. The Balaban J connectivity index is 1.51. The highest BCUT2D eigenvalue weighted by molar-refractivity contribution is 6.31. The second-order valence-electron chi connectivity index (χ2n) is 11.7. The highest BCUT2D eigenvalue weighted by Gasteiger charge is 2.54. The second kappa shape index (κ2) is 8.56. The summed E-state index contributed by atoms with van der Waals surface area (Å²) in [6, 6.07) is 15.8. The summed E-state index contributed by atoms with van der Waals surface area (Å²) in [6.45, 7) is 2.45. The molecule has 4 atom stereocenters. The van der Waals surface area contributed by atoms with Gasteiger partial charge in [-0.2, -0.15) is 0 Å². The van der Waals surface area contributed by atoms with Crippen molar-refractivity contribution in [1.29, 1.82) is 0 Å². The van der Waals surface area contributed by atoms with E-state index in [9.17, 15) is 19.5 Å². The molecule has 0 unspecified atom stereocenters. The van der Waals surface area contributed by atoms with E-state index < -0.39 is 30.1 Å². The third kappa shape index (κ3) is 3.03. The molecule has 0 aliphatic carbocycles. The van der Waals surface area contributed by atoms with Gasteiger partial charge < -0.3 is 33.9 Å². The number of carbonyl (C=O) groups excluding carboxylic acids is 2. The number of rotatable bonds is 5. The molecule has 2 aromatic heterocycles. The molecular formula is C32H30N4O6. The fourth-order valence-corrected chi connectivity index (χ4v) is 7.97. The average molecular weight is 567 g/mol. The van der Waals surface area contributed by atoms with Crippen LogP contribution in [0, 0.1) is 0 Å². The first kappa shape index (κ1) is 25.3. The van der Waals surface area contributed by atoms with Crippen molar-refractivity contribution in [2.24, 2.45) is 0 Å². The number of hydrogen-bond donors (Lipinski definition) is 2. The number of methoxy groups -OCH3 is 1. The maximum atomic E-state index is 13.5. The van der Waals surface area contributed by atoms with Crippen LogP contribution in [0.15, 0.2) is 48.5 Å². The minimum atomic E-state index is -1.05. The summed E-state index contributed by atoms with van der Waals surface area (Å²) in [6.07, 6.45) is -0.991. The third-order valence-electron chi connectivity index (χ3n) is 9.64. The van der Waals surface area contributed by atoms with Crippen molar-refractivity contribution >= 4 is 61.4 Å². The lowest BCUT2D eigenvalue weighted by Gasteiger charge is -2.50. The number of carboxylic acid groups (broad SMARTS) is 1. The zero-order valence-corrected chi connectivity index (χ0v) is 23.5. The molecule has 1 saturated heterocycles. The Morgan fingerprint density at radius 1 is 1.07 bits per heavy atom. The fourth-order valence-electron chi connectivity index (χ4n) is 7.97. The van der Waals surface area contributed by atoms with Gasteiger partial charge in [0.05, 0.1) is 40.1 Å². The Bertz CT molecular complexity index is 2020. The summed E-state index contributed by atoms with van der Waals surface area (Å²) < 4.78 is 17.8. The third-order valence-corrected chi connectivity index (χ3v) is 9.64. The maximum Gasteiger partial charge on any atom is 0.303 e. The standard InChI is InChI=1S/C32H30N4O6/c1-32-30(41-3)21(34(2)22(37)12-13-24(38)39)14-23(42-32)35-19-10-6-4-8-16(19)26-27-18(15-33-31(27)40)25-17-9-5-7-11-20(17)36(32)29(25)28(26)35/h4-11,21,23,30H,12-15H2,1-3H3,(H,33,40)(H,38,39)/t21-,23-,30-,32+/m1/s1. The molecule has 10 heteroatoms. The summed E-state index contributed by atoms with van der Waals surface area (Å²) in [5.41, 5.74) is 4.44. The van der Waals surface area contributed by atoms with Crippen LogP contribution in [0.25, 0.3) is 43.6 Å². The average Bonchev–Trinajstić information content (AvgIpc) is 3.62. The highest BCUT2D eigenvalue weighted by atomic mass is 16.6. The molecule has 8 rings (SSSR count). The number of likely N-dealkylation sites (N-methyl/N-ethyl adjacent to an activating group) is 1. The number of para-hydroxylation sites is 2. The SMILES string of the molecule is CO[C@@H]1[C@H](N(C)C(=O)CCC(=O)O)C[C@H]2O[C@]1(C)n1c3ccccc3c3c4c(c5c6ccccc6n2c5c31)C(=O)NC4. The normalized spacial score (nSPS) is 24.5. The predicted molar refractivity (Wildman–Crippen MR) is 156 cm³/mol. The van der Waals surface area contributed by atoms with Crippen LogP contribution in [0.1, 0.15) is 48.3 Å². The number of benzene rings is 3. The van der Waals surface area contributed by atoms with Crippen molar-refractivity contribution in [1.82, 2.24) is 19.4 Å². The van der Waals surface area contributed by atoms with E-state index in [4.69, 9.17) is 9.47 Å². The van der Waals surface area contributed by atoms with Crippen molar-refractivity contribution in [3.63, 3.8) is 0 Å². The fraction of sp³-hybridized carbons (Fsp3) is 0.344. The Morgan fingerprint density at radius 2 is 1.76 bits per heavy atom. The van der Waals surface area contributed by atoms with E-state index in [0.717, 1.165) is 49.2 Å². The Hall–Kier alpha value is -4.41. The number of nitrogens with one attached hydrogen (secondary N) is 1. The Labute approximate surface area is 240 Å². The molecule has 5 aromatic rings. The van der Waals surface area contributed by atoms with Gasteiger partial charge in [-0.3, -0.25) is 14.4 Å². The van der Waals surface area contributed by atoms with E-state index in [1.165, 1.54) is 0 Å². The van der Waals surface area contributed by atoms with Gasteiger partial charge in [0.15, 0.2) is 5.72 Å². The van der Waals surface area contributed by atoms with Gasteiger partial charge in [-0.05, 0) is 24.6 Å². The van der Waals surface area contributed by atoms with Crippen LogP contribution in [-0.4, -0.2) is 63.2 Å². The van der Waals surface area contributed by atoms with Crippen LogP contribution in [0.5, 0.6) is 0 Å². The quantitative estimate of drug-likeness (QED) is 0.325. The molecule has 2 bridgehead atoms. The van der Waals surface area contributed by atoms with Crippen molar-refractivity contribution in [2.75, 3.05) is 14.2 Å². The van der Waals surface area contributed by atoms with Crippen LogP contribution in [0.3, 0.4) is 0 Å². The van der Waals surface area contributed by atoms with Crippen molar-refractivity contribution in [3.8, 4) is 0 Å². The second-order valence-corrected chi connectivity index (χ2v) is 11.7. The number of nitrogens with zero attached hydrogens (tertiary/aromatic N) is 3. The first-order chi connectivity index (χ1) is 20.3. The number of carbonyl (C=O) groups is 3. The molecule has 214 valence electrons. The molecule has 3 aliphatic heterocycles. The molecule has 3 aliphatic rings. The van der Waals surface area contributed by atoms with E-state index in [-0.39, 0.29) is 24.7 Å². The molecular weight excluding hydrogens is 536 g/mol. The molecule has 42 heavy (non-hydrogen) atoms. The van der Waals surface area contributed by atoms with Gasteiger partial charge in [0.1, 0.15) is 12.3 Å². The number of fused-ring (bicyclic) bond motifs is 13.